The average molecular weight is 476 g/mol. The maximum atomic E-state index is 12.8. The summed E-state index contributed by atoms with van der Waals surface area (Å²) >= 11 is 5.45. The van der Waals surface area contributed by atoms with Crippen LogP contribution >= 0.6 is 39.0 Å². The lowest BCUT2D eigenvalue weighted by Gasteiger charge is -2.21. The summed E-state index contributed by atoms with van der Waals surface area (Å²) in [7, 11) is -3.97. The topological polar surface area (TPSA) is 114 Å². The first-order valence-electron chi connectivity index (χ1n) is 7.44. The van der Waals surface area contributed by atoms with Crippen molar-refractivity contribution in [3.8, 4) is 0 Å². The van der Waals surface area contributed by atoms with Crippen LogP contribution in [0.3, 0.4) is 0 Å². The fourth-order valence-electron chi connectivity index (χ4n) is 2.22. The summed E-state index contributed by atoms with van der Waals surface area (Å²) in [6.07, 6.45) is 1.56. The number of benzene rings is 1. The van der Waals surface area contributed by atoms with Crippen molar-refractivity contribution >= 4 is 71.1 Å². The molecule has 1 atom stereocenters. The maximum absolute atomic E-state index is 12.8. The van der Waals surface area contributed by atoms with Crippen LogP contribution in [0.1, 0.15) is 13.8 Å². The van der Waals surface area contributed by atoms with Gasteiger partial charge in [0.25, 0.3) is 0 Å². The Morgan fingerprint density at radius 1 is 1.27 bits per heavy atom. The molecule has 1 aromatic carbocycles. The molecule has 1 unspecified atom stereocenters. The monoisotopic (exact) mass is 475 g/mol. The van der Waals surface area contributed by atoms with Gasteiger partial charge in [-0.15, -0.1) is 0 Å². The predicted molar refractivity (Wildman–Crippen MR) is 105 cm³/mol. The Morgan fingerprint density at radius 2 is 2.04 bits per heavy atom. The molecule has 8 nitrogen and oxygen atoms in total. The molecule has 0 fully saturated rings. The van der Waals surface area contributed by atoms with E-state index in [1.165, 1.54) is 17.4 Å². The van der Waals surface area contributed by atoms with Crippen LogP contribution in [0.25, 0.3) is 11.0 Å². The van der Waals surface area contributed by atoms with Crippen LogP contribution in [-0.2, 0) is 14.8 Å². The summed E-state index contributed by atoms with van der Waals surface area (Å²) in [6, 6.07) is 3.75. The molecular formula is C14H14BrN5O3S3. The highest BCUT2D eigenvalue weighted by molar-refractivity contribution is 9.11. The highest BCUT2D eigenvalue weighted by Crippen LogP contribution is 2.24. The normalized spacial score (nSPS) is 13.2. The van der Waals surface area contributed by atoms with Crippen molar-refractivity contribution < 1.29 is 13.2 Å². The van der Waals surface area contributed by atoms with Crippen LogP contribution in [0.4, 0.5) is 5.13 Å². The molecule has 0 aliphatic carbocycles. The quantitative estimate of drug-likeness (QED) is 0.566. The van der Waals surface area contributed by atoms with Crippen LogP contribution in [0, 0.1) is 5.92 Å². The highest BCUT2D eigenvalue weighted by atomic mass is 79.9. The first-order chi connectivity index (χ1) is 12.3. The van der Waals surface area contributed by atoms with E-state index in [4.69, 9.17) is 0 Å². The molecule has 0 aliphatic rings. The van der Waals surface area contributed by atoms with E-state index >= 15 is 0 Å². The average Bonchev–Trinajstić information content (AvgIpc) is 3.20. The van der Waals surface area contributed by atoms with E-state index < -0.39 is 22.0 Å². The molecule has 26 heavy (non-hydrogen) atoms. The molecule has 12 heteroatoms. The molecule has 2 heterocycles. The Labute approximate surface area is 166 Å². The molecule has 0 spiro atoms. The predicted octanol–water partition coefficient (Wildman–Crippen LogP) is 2.85. The summed E-state index contributed by atoms with van der Waals surface area (Å²) in [6.45, 7) is 3.52. The van der Waals surface area contributed by atoms with E-state index in [1.54, 1.807) is 32.2 Å². The third kappa shape index (κ3) is 4.09. The van der Waals surface area contributed by atoms with Gasteiger partial charge < -0.3 is 5.32 Å². The maximum Gasteiger partial charge on any atom is 0.244 e. The molecule has 0 aliphatic heterocycles. The van der Waals surface area contributed by atoms with Crippen molar-refractivity contribution in [1.29, 1.82) is 0 Å². The van der Waals surface area contributed by atoms with Crippen LogP contribution in [0.5, 0.6) is 0 Å². The zero-order valence-electron chi connectivity index (χ0n) is 13.6. The van der Waals surface area contributed by atoms with Gasteiger partial charge in [0, 0.05) is 0 Å². The van der Waals surface area contributed by atoms with E-state index in [2.05, 4.69) is 39.7 Å². The summed E-state index contributed by atoms with van der Waals surface area (Å²) < 4.78 is 37.0. The van der Waals surface area contributed by atoms with Crippen LogP contribution < -0.4 is 10.0 Å². The fourth-order valence-corrected chi connectivity index (χ4v) is 5.44. The van der Waals surface area contributed by atoms with E-state index in [-0.39, 0.29) is 16.3 Å². The molecular weight excluding hydrogens is 462 g/mol. The molecule has 1 amide bonds. The second kappa shape index (κ2) is 7.64. The molecule has 2 N–H and O–H groups in total. The van der Waals surface area contributed by atoms with Gasteiger partial charge in [0.2, 0.25) is 15.9 Å². The number of hydrogen-bond donors (Lipinski definition) is 2. The molecule has 0 saturated heterocycles. The molecule has 138 valence electrons. The van der Waals surface area contributed by atoms with Gasteiger partial charge in [0.05, 0.1) is 21.7 Å². The third-order valence-corrected chi connectivity index (χ3v) is 6.88. The van der Waals surface area contributed by atoms with Crippen LogP contribution in [0.15, 0.2) is 33.1 Å². The number of nitrogens with zero attached hydrogens (tertiary/aromatic N) is 3. The smallest absolute Gasteiger partial charge is 0.244 e. The number of anilines is 1. The van der Waals surface area contributed by atoms with Gasteiger partial charge in [0.15, 0.2) is 5.13 Å². The number of halogens is 1. The van der Waals surface area contributed by atoms with Crippen molar-refractivity contribution in [3.05, 3.63) is 28.2 Å². The molecule has 2 aromatic heterocycles. The Hall–Kier alpha value is -1.47. The summed E-state index contributed by atoms with van der Waals surface area (Å²) in [4.78, 5) is 16.6. The van der Waals surface area contributed by atoms with Gasteiger partial charge in [-0.25, -0.2) is 13.4 Å². The zero-order valence-corrected chi connectivity index (χ0v) is 17.7. The van der Waals surface area contributed by atoms with Gasteiger partial charge >= 0.3 is 0 Å². The van der Waals surface area contributed by atoms with E-state index in [0.29, 0.717) is 10.6 Å². The minimum absolute atomic E-state index is 0.000747. The molecule has 0 bridgehead atoms. The Balaban J connectivity index is 1.87. The largest absolute Gasteiger partial charge is 0.301 e. The molecule has 0 radical (unpaired) electrons. The summed E-state index contributed by atoms with van der Waals surface area (Å²) in [5, 5.41) is 3.02. The van der Waals surface area contributed by atoms with E-state index in [0.717, 1.165) is 15.5 Å². The van der Waals surface area contributed by atoms with E-state index in [9.17, 15) is 13.2 Å². The van der Waals surface area contributed by atoms with Crippen molar-refractivity contribution in [1.82, 2.24) is 18.5 Å². The van der Waals surface area contributed by atoms with Crippen molar-refractivity contribution in [2.24, 2.45) is 5.92 Å². The van der Waals surface area contributed by atoms with Crippen LogP contribution in [-0.4, -0.2) is 34.1 Å². The first-order valence-corrected chi connectivity index (χ1v) is 11.3. The van der Waals surface area contributed by atoms with Crippen molar-refractivity contribution in [2.75, 3.05) is 5.32 Å². The number of aromatic nitrogens is 3. The minimum atomic E-state index is -3.97. The number of rotatable bonds is 6. The number of hydrogen-bond acceptors (Lipinski definition) is 8. The number of carbonyl (C=O) groups excluding carboxylic acids is 1. The lowest BCUT2D eigenvalue weighted by Crippen LogP contribution is -2.47. The Bertz CT molecular complexity index is 1050. The Kier molecular flexibility index (Phi) is 5.67. The van der Waals surface area contributed by atoms with E-state index in [1.807, 2.05) is 0 Å². The third-order valence-electron chi connectivity index (χ3n) is 3.48. The number of nitrogens with one attached hydrogen (secondary N) is 2. The van der Waals surface area contributed by atoms with Gasteiger partial charge in [-0.3, -0.25) is 4.79 Å². The van der Waals surface area contributed by atoms with Gasteiger partial charge in [-0.1, -0.05) is 31.3 Å². The zero-order chi connectivity index (χ0) is 18.9. The fraction of sp³-hybridized carbons (Fsp3) is 0.286. The van der Waals surface area contributed by atoms with Crippen LogP contribution in [0.2, 0.25) is 0 Å². The van der Waals surface area contributed by atoms with Crippen molar-refractivity contribution in [3.63, 3.8) is 0 Å². The van der Waals surface area contributed by atoms with Gasteiger partial charge in [-0.05, 0) is 34.0 Å². The molecule has 3 aromatic rings. The second-order valence-corrected chi connectivity index (χ2v) is 10.3. The SMILES string of the molecule is CC(C)C(NS(=O)(=O)c1cccc2nsnc12)C(=O)Nc1ncc(Br)s1. The number of thiazole rings is 1. The summed E-state index contributed by atoms with van der Waals surface area (Å²) in [5.74, 6) is -0.755. The summed E-state index contributed by atoms with van der Waals surface area (Å²) in [5.41, 5.74) is 0.785. The highest BCUT2D eigenvalue weighted by Gasteiger charge is 2.30. The second-order valence-electron chi connectivity index (χ2n) is 5.69. The number of fused-ring (bicyclic) bond motifs is 1. The minimum Gasteiger partial charge on any atom is -0.301 e. The van der Waals surface area contributed by atoms with Gasteiger partial charge in [0.1, 0.15) is 22.0 Å². The van der Waals surface area contributed by atoms with Crippen molar-refractivity contribution in [2.45, 2.75) is 24.8 Å². The Morgan fingerprint density at radius 3 is 2.69 bits per heavy atom. The number of carbonyl (C=O) groups is 1. The first kappa shape index (κ1) is 19.3. The lowest BCUT2D eigenvalue weighted by molar-refractivity contribution is -0.118. The number of amides is 1. The standard InChI is InChI=1S/C14H14BrN5O3S3/c1-7(2)11(13(21)17-14-16-6-10(15)24-14)20-26(22,23)9-5-3-4-8-12(9)19-25-18-8/h3-7,11,20H,1-2H3,(H,16,17,21). The van der Waals surface area contributed by atoms with Gasteiger partial charge in [-0.2, -0.15) is 13.5 Å². The number of sulfonamides is 1. The lowest BCUT2D eigenvalue weighted by atomic mass is 10.1. The molecule has 3 rings (SSSR count). The molecule has 0 saturated carbocycles.